The van der Waals surface area contributed by atoms with Gasteiger partial charge in [-0.1, -0.05) is 11.8 Å². The lowest BCUT2D eigenvalue weighted by atomic mass is 10.3. The highest BCUT2D eigenvalue weighted by Crippen LogP contribution is 2.30. The van der Waals surface area contributed by atoms with E-state index in [9.17, 15) is 4.79 Å². The quantitative estimate of drug-likeness (QED) is 0.486. The second kappa shape index (κ2) is 10.1. The number of thioether (sulfide) groups is 1. The molecule has 0 saturated carbocycles. The Morgan fingerprint density at radius 1 is 1.13 bits per heavy atom. The molecule has 0 fully saturated rings. The van der Waals surface area contributed by atoms with Crippen LogP contribution in [0, 0.1) is 0 Å². The maximum atomic E-state index is 12.4. The number of hydrogen-bond acceptors (Lipinski definition) is 8. The number of carbonyl (C=O) groups is 1. The number of benzene rings is 1. The number of hydrogen-bond donors (Lipinski definition) is 1. The average Bonchev–Trinajstić information content (AvgIpc) is 3.33. The molecule has 0 unspecified atom stereocenters. The molecule has 3 aromatic rings. The first-order chi connectivity index (χ1) is 14.5. The van der Waals surface area contributed by atoms with E-state index in [4.69, 9.17) is 14.2 Å². The van der Waals surface area contributed by atoms with Crippen molar-refractivity contribution in [2.45, 2.75) is 11.7 Å². The third kappa shape index (κ3) is 5.10. The number of ether oxygens (including phenoxy) is 3. The van der Waals surface area contributed by atoms with Gasteiger partial charge in [-0.25, -0.2) is 0 Å². The SMILES string of the molecule is COCCn1c(SCC(=O)Nc2ccc(OC)cc2)nnc1-c1cn(C)nc1OC. The summed E-state index contributed by atoms with van der Waals surface area (Å²) in [5, 5.41) is 16.3. The van der Waals surface area contributed by atoms with E-state index in [1.165, 1.54) is 11.8 Å². The summed E-state index contributed by atoms with van der Waals surface area (Å²) >= 11 is 1.30. The summed E-state index contributed by atoms with van der Waals surface area (Å²) in [7, 11) is 6.59. The van der Waals surface area contributed by atoms with E-state index in [1.54, 1.807) is 57.3 Å². The zero-order valence-electron chi connectivity index (χ0n) is 17.3. The number of carbonyl (C=O) groups excluding carboxylic acids is 1. The van der Waals surface area contributed by atoms with Crippen molar-refractivity contribution in [3.63, 3.8) is 0 Å². The number of methoxy groups -OCH3 is 3. The molecule has 30 heavy (non-hydrogen) atoms. The fourth-order valence-electron chi connectivity index (χ4n) is 2.75. The summed E-state index contributed by atoms with van der Waals surface area (Å²) in [5.41, 5.74) is 1.42. The Balaban J connectivity index is 1.73. The molecule has 160 valence electrons. The van der Waals surface area contributed by atoms with Crippen LogP contribution >= 0.6 is 11.8 Å². The van der Waals surface area contributed by atoms with E-state index in [1.807, 2.05) is 10.8 Å². The lowest BCUT2D eigenvalue weighted by Gasteiger charge is -2.10. The molecule has 1 N–H and O–H groups in total. The number of anilines is 1. The molecule has 0 saturated heterocycles. The summed E-state index contributed by atoms with van der Waals surface area (Å²) in [6, 6.07) is 7.15. The van der Waals surface area contributed by atoms with Crippen LogP contribution in [0.1, 0.15) is 0 Å². The molecule has 0 aliphatic rings. The van der Waals surface area contributed by atoms with Crippen molar-refractivity contribution in [1.29, 1.82) is 0 Å². The Hall–Kier alpha value is -3.05. The predicted octanol–water partition coefficient (Wildman–Crippen LogP) is 2.07. The first-order valence-corrected chi connectivity index (χ1v) is 10.1. The van der Waals surface area contributed by atoms with Gasteiger partial charge in [0.1, 0.15) is 11.3 Å². The maximum Gasteiger partial charge on any atom is 0.243 e. The van der Waals surface area contributed by atoms with Crippen molar-refractivity contribution >= 4 is 23.4 Å². The van der Waals surface area contributed by atoms with Gasteiger partial charge in [0.2, 0.25) is 11.8 Å². The minimum Gasteiger partial charge on any atom is -0.497 e. The van der Waals surface area contributed by atoms with Crippen LogP contribution in [0.5, 0.6) is 11.6 Å². The van der Waals surface area contributed by atoms with Crippen molar-refractivity contribution in [3.05, 3.63) is 30.5 Å². The maximum absolute atomic E-state index is 12.4. The van der Waals surface area contributed by atoms with Crippen LogP contribution < -0.4 is 14.8 Å². The topological polar surface area (TPSA) is 105 Å². The molecule has 0 aliphatic carbocycles. The molecular formula is C19H24N6O4S. The highest BCUT2D eigenvalue weighted by molar-refractivity contribution is 7.99. The van der Waals surface area contributed by atoms with Crippen LogP contribution in [0.15, 0.2) is 35.6 Å². The fraction of sp³-hybridized carbons (Fsp3) is 0.368. The van der Waals surface area contributed by atoms with Gasteiger partial charge in [-0.15, -0.1) is 15.3 Å². The molecule has 0 spiro atoms. The third-order valence-corrected chi connectivity index (χ3v) is 5.14. The smallest absolute Gasteiger partial charge is 0.243 e. The van der Waals surface area contributed by atoms with E-state index in [-0.39, 0.29) is 11.7 Å². The number of aromatic nitrogens is 5. The number of aryl methyl sites for hydroxylation is 1. The van der Waals surface area contributed by atoms with Crippen molar-refractivity contribution in [2.24, 2.45) is 7.05 Å². The minimum atomic E-state index is -0.146. The van der Waals surface area contributed by atoms with Crippen LogP contribution in [0.2, 0.25) is 0 Å². The molecule has 2 aromatic heterocycles. The van der Waals surface area contributed by atoms with Crippen molar-refractivity contribution in [2.75, 3.05) is 39.0 Å². The molecule has 1 aromatic carbocycles. The first-order valence-electron chi connectivity index (χ1n) is 9.12. The molecule has 10 nitrogen and oxygen atoms in total. The van der Waals surface area contributed by atoms with E-state index in [2.05, 4.69) is 20.6 Å². The zero-order chi connectivity index (χ0) is 21.5. The highest BCUT2D eigenvalue weighted by Gasteiger charge is 2.20. The summed E-state index contributed by atoms with van der Waals surface area (Å²) in [4.78, 5) is 12.4. The molecule has 1 amide bonds. The highest BCUT2D eigenvalue weighted by atomic mass is 32.2. The summed E-state index contributed by atoms with van der Waals surface area (Å²) in [6.07, 6.45) is 1.82. The van der Waals surface area contributed by atoms with Crippen LogP contribution in [0.3, 0.4) is 0 Å². The van der Waals surface area contributed by atoms with Gasteiger partial charge in [-0.2, -0.15) is 0 Å². The Morgan fingerprint density at radius 3 is 2.57 bits per heavy atom. The molecule has 0 aliphatic heterocycles. The van der Waals surface area contributed by atoms with Gasteiger partial charge in [0, 0.05) is 26.0 Å². The molecular weight excluding hydrogens is 408 g/mol. The Bertz CT molecular complexity index is 986. The Kier molecular flexibility index (Phi) is 7.31. The summed E-state index contributed by atoms with van der Waals surface area (Å²) < 4.78 is 19.2. The van der Waals surface area contributed by atoms with Crippen molar-refractivity contribution in [3.8, 4) is 23.0 Å². The van der Waals surface area contributed by atoms with Gasteiger partial charge < -0.3 is 19.5 Å². The van der Waals surface area contributed by atoms with E-state index in [0.717, 1.165) is 11.3 Å². The van der Waals surface area contributed by atoms with Gasteiger partial charge >= 0.3 is 0 Å². The lowest BCUT2D eigenvalue weighted by molar-refractivity contribution is -0.113. The second-order valence-corrected chi connectivity index (χ2v) is 7.18. The number of amides is 1. The van der Waals surface area contributed by atoms with E-state index >= 15 is 0 Å². The molecule has 0 atom stereocenters. The van der Waals surface area contributed by atoms with Gasteiger partial charge in [-0.3, -0.25) is 14.0 Å². The van der Waals surface area contributed by atoms with Crippen LogP contribution in [-0.2, 0) is 23.1 Å². The molecule has 0 radical (unpaired) electrons. The zero-order valence-corrected chi connectivity index (χ0v) is 18.1. The molecule has 3 rings (SSSR count). The Morgan fingerprint density at radius 2 is 1.90 bits per heavy atom. The number of nitrogens with one attached hydrogen (secondary N) is 1. The lowest BCUT2D eigenvalue weighted by Crippen LogP contribution is -2.15. The largest absolute Gasteiger partial charge is 0.497 e. The standard InChI is InChI=1S/C19H24N6O4S/c1-24-11-15(18(23-24)29-4)17-21-22-19(25(17)9-10-27-2)30-12-16(26)20-13-5-7-14(28-3)8-6-13/h5-8,11H,9-10,12H2,1-4H3,(H,20,26). The monoisotopic (exact) mass is 432 g/mol. The molecule has 0 bridgehead atoms. The fourth-order valence-corrected chi connectivity index (χ4v) is 3.52. The van der Waals surface area contributed by atoms with Crippen molar-refractivity contribution in [1.82, 2.24) is 24.5 Å². The van der Waals surface area contributed by atoms with Crippen LogP contribution in [-0.4, -0.2) is 64.1 Å². The molecule has 2 heterocycles. The third-order valence-electron chi connectivity index (χ3n) is 4.17. The second-order valence-electron chi connectivity index (χ2n) is 6.24. The normalized spacial score (nSPS) is 10.8. The summed E-state index contributed by atoms with van der Waals surface area (Å²) in [5.74, 6) is 1.83. The summed E-state index contributed by atoms with van der Waals surface area (Å²) in [6.45, 7) is 0.999. The van der Waals surface area contributed by atoms with Gasteiger partial charge in [0.05, 0.1) is 33.1 Å². The average molecular weight is 433 g/mol. The van der Waals surface area contributed by atoms with Crippen LogP contribution in [0.4, 0.5) is 5.69 Å². The minimum absolute atomic E-state index is 0.146. The molecule has 11 heteroatoms. The van der Waals surface area contributed by atoms with Crippen LogP contribution in [0.25, 0.3) is 11.4 Å². The van der Waals surface area contributed by atoms with Gasteiger partial charge in [-0.05, 0) is 24.3 Å². The predicted molar refractivity (Wildman–Crippen MR) is 113 cm³/mol. The van der Waals surface area contributed by atoms with E-state index in [0.29, 0.717) is 35.7 Å². The number of nitrogens with zero attached hydrogens (tertiary/aromatic N) is 5. The van der Waals surface area contributed by atoms with Crippen molar-refractivity contribution < 1.29 is 19.0 Å². The first kappa shape index (κ1) is 21.7. The Labute approximate surface area is 178 Å². The van der Waals surface area contributed by atoms with Gasteiger partial charge in [0.25, 0.3) is 0 Å². The van der Waals surface area contributed by atoms with Gasteiger partial charge in [0.15, 0.2) is 11.0 Å². The van der Waals surface area contributed by atoms with E-state index < -0.39 is 0 Å². The number of rotatable bonds is 10.